The molecule has 2 aliphatic heterocycles. The number of carbonyl (C=O) groups excluding carboxylic acids is 1. The highest BCUT2D eigenvalue weighted by Gasteiger charge is 2.29. The van der Waals surface area contributed by atoms with Crippen molar-refractivity contribution in [2.75, 3.05) is 45.5 Å². The van der Waals surface area contributed by atoms with Gasteiger partial charge in [-0.3, -0.25) is 9.69 Å². The van der Waals surface area contributed by atoms with E-state index >= 15 is 0 Å². The van der Waals surface area contributed by atoms with Crippen LogP contribution in [0.1, 0.15) is 10.4 Å². The second kappa shape index (κ2) is 6.16. The molecule has 0 spiro atoms. The molecule has 5 heteroatoms. The Bertz CT molecular complexity index is 465. The average molecular weight is 291 g/mol. The normalized spacial score (nSPS) is 20.8. The first-order valence-electron chi connectivity index (χ1n) is 7.16. The second-order valence-electron chi connectivity index (χ2n) is 5.37. The van der Waals surface area contributed by atoms with E-state index in [9.17, 15) is 4.79 Å². The number of nitrogens with one attached hydrogen (secondary N) is 1. The van der Waals surface area contributed by atoms with E-state index in [-0.39, 0.29) is 5.91 Å². The summed E-state index contributed by atoms with van der Waals surface area (Å²) in [5, 5.41) is 3.30. The molecule has 20 heavy (non-hydrogen) atoms. The maximum absolute atomic E-state index is 12.4. The Morgan fingerprint density at radius 2 is 1.80 bits per heavy atom. The number of nitrogens with zero attached hydrogens (tertiary/aromatic N) is 2. The van der Waals surface area contributed by atoms with E-state index in [1.54, 1.807) is 11.8 Å². The highest BCUT2D eigenvalue weighted by molar-refractivity contribution is 7.98. The molecule has 4 nitrogen and oxygen atoms in total. The largest absolute Gasteiger partial charge is 0.336 e. The fourth-order valence-corrected chi connectivity index (χ4v) is 3.15. The minimum atomic E-state index is 0.170. The van der Waals surface area contributed by atoms with Crippen LogP contribution < -0.4 is 5.32 Å². The number of amides is 1. The molecule has 0 bridgehead atoms. The third kappa shape index (κ3) is 2.85. The monoisotopic (exact) mass is 291 g/mol. The van der Waals surface area contributed by atoms with Gasteiger partial charge in [-0.05, 0) is 30.5 Å². The molecular formula is C15H21N3OS. The summed E-state index contributed by atoms with van der Waals surface area (Å²) in [6, 6.07) is 8.61. The Labute approximate surface area is 124 Å². The fraction of sp³-hybridized carbons (Fsp3) is 0.533. The summed E-state index contributed by atoms with van der Waals surface area (Å²) in [4.78, 5) is 18.1. The number of hydrogen-bond donors (Lipinski definition) is 1. The van der Waals surface area contributed by atoms with Crippen LogP contribution in [0.15, 0.2) is 29.2 Å². The van der Waals surface area contributed by atoms with Crippen molar-refractivity contribution in [2.24, 2.45) is 0 Å². The smallest absolute Gasteiger partial charge is 0.253 e. The molecule has 0 saturated carbocycles. The van der Waals surface area contributed by atoms with Gasteiger partial charge < -0.3 is 10.2 Å². The van der Waals surface area contributed by atoms with Crippen molar-refractivity contribution >= 4 is 17.7 Å². The van der Waals surface area contributed by atoms with Crippen molar-refractivity contribution in [3.8, 4) is 0 Å². The first kappa shape index (κ1) is 13.9. The molecule has 108 valence electrons. The minimum absolute atomic E-state index is 0.170. The number of hydrogen-bond acceptors (Lipinski definition) is 4. The van der Waals surface area contributed by atoms with Crippen molar-refractivity contribution in [3.63, 3.8) is 0 Å². The van der Waals surface area contributed by atoms with Crippen LogP contribution in [0, 0.1) is 0 Å². The van der Waals surface area contributed by atoms with E-state index in [2.05, 4.69) is 10.2 Å². The van der Waals surface area contributed by atoms with Gasteiger partial charge in [0.1, 0.15) is 0 Å². The lowest BCUT2D eigenvalue weighted by Gasteiger charge is -2.43. The van der Waals surface area contributed by atoms with E-state index < -0.39 is 0 Å². The lowest BCUT2D eigenvalue weighted by atomic mass is 10.1. The Kier molecular flexibility index (Phi) is 4.29. The molecule has 2 aliphatic rings. The lowest BCUT2D eigenvalue weighted by molar-refractivity contribution is 0.0502. The van der Waals surface area contributed by atoms with E-state index in [1.807, 2.05) is 35.4 Å². The number of piperazine rings is 1. The number of benzene rings is 1. The van der Waals surface area contributed by atoms with Gasteiger partial charge in [-0.15, -0.1) is 11.8 Å². The van der Waals surface area contributed by atoms with E-state index in [0.29, 0.717) is 6.04 Å². The fourth-order valence-electron chi connectivity index (χ4n) is 2.74. The zero-order valence-corrected chi connectivity index (χ0v) is 12.7. The van der Waals surface area contributed by atoms with Crippen molar-refractivity contribution in [3.05, 3.63) is 29.8 Å². The zero-order chi connectivity index (χ0) is 13.9. The molecule has 1 aromatic carbocycles. The van der Waals surface area contributed by atoms with Gasteiger partial charge >= 0.3 is 0 Å². The van der Waals surface area contributed by atoms with E-state index in [0.717, 1.165) is 44.8 Å². The Morgan fingerprint density at radius 3 is 2.30 bits per heavy atom. The Balaban J connectivity index is 1.57. The first-order chi connectivity index (χ1) is 9.78. The summed E-state index contributed by atoms with van der Waals surface area (Å²) in [5.41, 5.74) is 0.807. The summed E-state index contributed by atoms with van der Waals surface area (Å²) in [7, 11) is 0. The molecule has 1 aromatic rings. The SMILES string of the molecule is CSc1ccc(C(=O)N2CCN(C3CNC3)CC2)cc1. The van der Waals surface area contributed by atoms with Crippen molar-refractivity contribution in [2.45, 2.75) is 10.9 Å². The first-order valence-corrected chi connectivity index (χ1v) is 8.38. The van der Waals surface area contributed by atoms with Gasteiger partial charge in [0.2, 0.25) is 0 Å². The van der Waals surface area contributed by atoms with Crippen LogP contribution in [-0.4, -0.2) is 67.3 Å². The second-order valence-corrected chi connectivity index (χ2v) is 6.25. The Morgan fingerprint density at radius 1 is 1.15 bits per heavy atom. The molecular weight excluding hydrogens is 270 g/mol. The third-order valence-electron chi connectivity index (χ3n) is 4.21. The molecule has 0 radical (unpaired) electrons. The topological polar surface area (TPSA) is 35.6 Å². The summed E-state index contributed by atoms with van der Waals surface area (Å²) < 4.78 is 0. The molecule has 1 amide bonds. The molecule has 1 N–H and O–H groups in total. The summed E-state index contributed by atoms with van der Waals surface area (Å²) in [6.07, 6.45) is 2.05. The van der Waals surface area contributed by atoms with Gasteiger partial charge in [-0.25, -0.2) is 0 Å². The average Bonchev–Trinajstić information content (AvgIpc) is 2.46. The van der Waals surface area contributed by atoms with Crippen LogP contribution in [0.5, 0.6) is 0 Å². The number of thioether (sulfide) groups is 1. The molecule has 2 heterocycles. The van der Waals surface area contributed by atoms with Crippen molar-refractivity contribution in [1.82, 2.24) is 15.1 Å². The maximum Gasteiger partial charge on any atom is 0.253 e. The summed E-state index contributed by atoms with van der Waals surface area (Å²) >= 11 is 1.70. The van der Waals surface area contributed by atoms with Crippen LogP contribution >= 0.6 is 11.8 Å². The zero-order valence-electron chi connectivity index (χ0n) is 11.8. The minimum Gasteiger partial charge on any atom is -0.336 e. The number of carbonyl (C=O) groups is 1. The standard InChI is InChI=1S/C15H21N3OS/c1-20-14-4-2-12(3-5-14)15(19)18-8-6-17(7-9-18)13-10-16-11-13/h2-5,13,16H,6-11H2,1H3. The third-order valence-corrected chi connectivity index (χ3v) is 4.96. The molecule has 3 rings (SSSR count). The van der Waals surface area contributed by atoms with Crippen LogP contribution in [0.3, 0.4) is 0 Å². The highest BCUT2D eigenvalue weighted by atomic mass is 32.2. The van der Waals surface area contributed by atoms with Crippen LogP contribution in [0.4, 0.5) is 0 Å². The molecule has 0 aliphatic carbocycles. The van der Waals surface area contributed by atoms with Gasteiger partial charge in [0.25, 0.3) is 5.91 Å². The van der Waals surface area contributed by atoms with Crippen LogP contribution in [0.25, 0.3) is 0 Å². The number of rotatable bonds is 3. The molecule has 0 aromatic heterocycles. The molecule has 2 fully saturated rings. The van der Waals surface area contributed by atoms with Crippen LogP contribution in [-0.2, 0) is 0 Å². The van der Waals surface area contributed by atoms with E-state index in [1.165, 1.54) is 4.90 Å². The maximum atomic E-state index is 12.4. The lowest BCUT2D eigenvalue weighted by Crippen LogP contribution is -2.62. The predicted molar refractivity (Wildman–Crippen MR) is 82.4 cm³/mol. The van der Waals surface area contributed by atoms with Gasteiger partial charge in [0, 0.05) is 55.8 Å². The Hall–Kier alpha value is -1.04. The van der Waals surface area contributed by atoms with E-state index in [4.69, 9.17) is 0 Å². The molecule has 0 unspecified atom stereocenters. The molecule has 2 saturated heterocycles. The summed E-state index contributed by atoms with van der Waals surface area (Å²) in [6.45, 7) is 5.90. The quantitative estimate of drug-likeness (QED) is 0.847. The van der Waals surface area contributed by atoms with Crippen LogP contribution in [0.2, 0.25) is 0 Å². The van der Waals surface area contributed by atoms with Crippen molar-refractivity contribution < 1.29 is 4.79 Å². The molecule has 0 atom stereocenters. The predicted octanol–water partition coefficient (Wildman–Crippen LogP) is 1.14. The highest BCUT2D eigenvalue weighted by Crippen LogP contribution is 2.17. The van der Waals surface area contributed by atoms with Gasteiger partial charge in [0.15, 0.2) is 0 Å². The van der Waals surface area contributed by atoms with Gasteiger partial charge in [-0.2, -0.15) is 0 Å². The summed E-state index contributed by atoms with van der Waals surface area (Å²) in [5.74, 6) is 0.170. The van der Waals surface area contributed by atoms with Crippen molar-refractivity contribution in [1.29, 1.82) is 0 Å². The van der Waals surface area contributed by atoms with Gasteiger partial charge in [-0.1, -0.05) is 0 Å². The van der Waals surface area contributed by atoms with Gasteiger partial charge in [0.05, 0.1) is 0 Å².